The molecular formula is C9H18N2. The van der Waals surface area contributed by atoms with Crippen molar-refractivity contribution >= 4 is 0 Å². The van der Waals surface area contributed by atoms with E-state index in [0.29, 0.717) is 12.1 Å². The molecule has 0 bridgehead atoms. The molecule has 0 radical (unpaired) electrons. The van der Waals surface area contributed by atoms with Crippen molar-refractivity contribution in [1.82, 2.24) is 5.32 Å². The van der Waals surface area contributed by atoms with Gasteiger partial charge in [-0.05, 0) is 26.2 Å². The largest absolute Gasteiger partial charge is 0.329 e. The smallest absolute Gasteiger partial charge is 0.0164 e. The van der Waals surface area contributed by atoms with Gasteiger partial charge in [-0.25, -0.2) is 0 Å². The summed E-state index contributed by atoms with van der Waals surface area (Å²) < 4.78 is 0. The zero-order valence-corrected chi connectivity index (χ0v) is 7.22. The van der Waals surface area contributed by atoms with Crippen molar-refractivity contribution in [3.63, 3.8) is 0 Å². The van der Waals surface area contributed by atoms with Crippen molar-refractivity contribution in [3.8, 4) is 0 Å². The quantitative estimate of drug-likeness (QED) is 0.596. The number of rotatable bonds is 3. The van der Waals surface area contributed by atoms with Crippen LogP contribution in [0, 0.1) is 0 Å². The Balaban J connectivity index is 2.20. The topological polar surface area (TPSA) is 38.0 Å². The third-order valence-corrected chi connectivity index (χ3v) is 2.14. The van der Waals surface area contributed by atoms with Gasteiger partial charge < -0.3 is 11.1 Å². The Morgan fingerprint density at radius 3 is 3.00 bits per heavy atom. The van der Waals surface area contributed by atoms with Gasteiger partial charge in [-0.1, -0.05) is 12.2 Å². The Bertz CT molecular complexity index is 132. The number of hydrogen-bond donors (Lipinski definition) is 2. The Labute approximate surface area is 68.9 Å². The lowest BCUT2D eigenvalue weighted by Crippen LogP contribution is -2.41. The third-order valence-electron chi connectivity index (χ3n) is 2.14. The average molecular weight is 154 g/mol. The Hall–Kier alpha value is -0.340. The van der Waals surface area contributed by atoms with Crippen LogP contribution in [0.4, 0.5) is 0 Å². The van der Waals surface area contributed by atoms with Gasteiger partial charge in [0.25, 0.3) is 0 Å². The molecule has 2 atom stereocenters. The number of hydrogen-bond acceptors (Lipinski definition) is 2. The van der Waals surface area contributed by atoms with E-state index in [1.807, 2.05) is 0 Å². The molecule has 0 aromatic carbocycles. The first kappa shape index (κ1) is 8.75. The molecule has 0 saturated heterocycles. The van der Waals surface area contributed by atoms with Crippen molar-refractivity contribution in [1.29, 1.82) is 0 Å². The molecule has 3 N–H and O–H groups in total. The molecule has 64 valence electrons. The molecule has 11 heavy (non-hydrogen) atoms. The maximum Gasteiger partial charge on any atom is 0.0164 e. The van der Waals surface area contributed by atoms with Crippen LogP contribution in [0.25, 0.3) is 0 Å². The van der Waals surface area contributed by atoms with Gasteiger partial charge in [0.15, 0.2) is 0 Å². The Morgan fingerprint density at radius 2 is 2.45 bits per heavy atom. The van der Waals surface area contributed by atoms with Gasteiger partial charge in [-0.15, -0.1) is 0 Å². The summed E-state index contributed by atoms with van der Waals surface area (Å²) in [5.41, 5.74) is 5.51. The van der Waals surface area contributed by atoms with Gasteiger partial charge in [0.1, 0.15) is 0 Å². The van der Waals surface area contributed by atoms with E-state index in [0.717, 1.165) is 6.54 Å². The molecule has 0 heterocycles. The predicted molar refractivity (Wildman–Crippen MR) is 48.4 cm³/mol. The van der Waals surface area contributed by atoms with Crippen LogP contribution in [0.5, 0.6) is 0 Å². The highest BCUT2D eigenvalue weighted by Gasteiger charge is 2.10. The van der Waals surface area contributed by atoms with Crippen LogP contribution in [0.2, 0.25) is 0 Å². The van der Waals surface area contributed by atoms with E-state index in [4.69, 9.17) is 5.73 Å². The normalized spacial score (nSPS) is 26.9. The fourth-order valence-corrected chi connectivity index (χ4v) is 1.42. The van der Waals surface area contributed by atoms with Crippen LogP contribution in [-0.2, 0) is 0 Å². The highest BCUT2D eigenvalue weighted by atomic mass is 15.0. The van der Waals surface area contributed by atoms with Crippen LogP contribution in [0.1, 0.15) is 26.2 Å². The minimum atomic E-state index is 0.464. The van der Waals surface area contributed by atoms with E-state index in [2.05, 4.69) is 24.4 Å². The fourth-order valence-electron chi connectivity index (χ4n) is 1.42. The average Bonchev–Trinajstić information content (AvgIpc) is 2.06. The Morgan fingerprint density at radius 1 is 1.64 bits per heavy atom. The molecule has 0 amide bonds. The van der Waals surface area contributed by atoms with Crippen LogP contribution in [0.3, 0.4) is 0 Å². The van der Waals surface area contributed by atoms with Crippen LogP contribution in [0.15, 0.2) is 12.2 Å². The summed E-state index contributed by atoms with van der Waals surface area (Å²) in [5.74, 6) is 0. The van der Waals surface area contributed by atoms with Gasteiger partial charge in [0.05, 0.1) is 0 Å². The monoisotopic (exact) mass is 154 g/mol. The highest BCUT2D eigenvalue weighted by molar-refractivity contribution is 4.93. The minimum Gasteiger partial charge on any atom is -0.329 e. The second kappa shape index (κ2) is 4.52. The molecule has 2 unspecified atom stereocenters. The first-order valence-electron chi connectivity index (χ1n) is 4.44. The first-order chi connectivity index (χ1) is 5.33. The Kier molecular flexibility index (Phi) is 3.60. The van der Waals surface area contributed by atoms with E-state index in [1.165, 1.54) is 19.3 Å². The van der Waals surface area contributed by atoms with Crippen molar-refractivity contribution in [3.05, 3.63) is 12.2 Å². The lowest BCUT2D eigenvalue weighted by atomic mass is 10.0. The molecule has 2 nitrogen and oxygen atoms in total. The summed E-state index contributed by atoms with van der Waals surface area (Å²) in [4.78, 5) is 0. The predicted octanol–water partition coefficient (Wildman–Crippen LogP) is 1.03. The van der Waals surface area contributed by atoms with E-state index >= 15 is 0 Å². The van der Waals surface area contributed by atoms with Gasteiger partial charge in [0, 0.05) is 18.6 Å². The standard InChI is InChI=1S/C9H18N2/c1-8(7-10)11-9-5-3-2-4-6-9/h2-3,8-9,11H,4-7,10H2,1H3. The SMILES string of the molecule is CC(CN)NC1CC=CCC1. The molecule has 0 fully saturated rings. The van der Waals surface area contributed by atoms with Crippen LogP contribution >= 0.6 is 0 Å². The second-order valence-corrected chi connectivity index (χ2v) is 3.28. The zero-order valence-electron chi connectivity index (χ0n) is 7.22. The van der Waals surface area contributed by atoms with E-state index in [1.54, 1.807) is 0 Å². The van der Waals surface area contributed by atoms with Crippen molar-refractivity contribution < 1.29 is 0 Å². The first-order valence-corrected chi connectivity index (χ1v) is 4.44. The molecule has 0 aliphatic heterocycles. The molecule has 2 heteroatoms. The van der Waals surface area contributed by atoms with E-state index < -0.39 is 0 Å². The van der Waals surface area contributed by atoms with Crippen molar-refractivity contribution in [2.75, 3.05) is 6.54 Å². The molecular weight excluding hydrogens is 136 g/mol. The lowest BCUT2D eigenvalue weighted by molar-refractivity contribution is 0.422. The van der Waals surface area contributed by atoms with Crippen molar-refractivity contribution in [2.24, 2.45) is 5.73 Å². The number of nitrogens with two attached hydrogens (primary N) is 1. The fraction of sp³-hybridized carbons (Fsp3) is 0.778. The summed E-state index contributed by atoms with van der Waals surface area (Å²) in [6, 6.07) is 1.13. The number of allylic oxidation sites excluding steroid dienone is 1. The summed E-state index contributed by atoms with van der Waals surface area (Å²) in [6.45, 7) is 2.87. The van der Waals surface area contributed by atoms with E-state index in [-0.39, 0.29) is 0 Å². The maximum atomic E-state index is 5.51. The second-order valence-electron chi connectivity index (χ2n) is 3.28. The van der Waals surface area contributed by atoms with Gasteiger partial charge in [-0.2, -0.15) is 0 Å². The summed E-state index contributed by atoms with van der Waals surface area (Å²) in [5, 5.41) is 3.49. The molecule has 0 aromatic heterocycles. The van der Waals surface area contributed by atoms with Gasteiger partial charge in [0.2, 0.25) is 0 Å². The summed E-state index contributed by atoms with van der Waals surface area (Å²) >= 11 is 0. The molecule has 0 spiro atoms. The third kappa shape index (κ3) is 3.04. The molecule has 0 saturated carbocycles. The van der Waals surface area contributed by atoms with Crippen molar-refractivity contribution in [2.45, 2.75) is 38.3 Å². The number of nitrogens with one attached hydrogen (secondary N) is 1. The minimum absolute atomic E-state index is 0.464. The highest BCUT2D eigenvalue weighted by Crippen LogP contribution is 2.10. The summed E-state index contributed by atoms with van der Waals surface area (Å²) in [6.07, 6.45) is 8.16. The lowest BCUT2D eigenvalue weighted by Gasteiger charge is -2.23. The molecule has 0 aromatic rings. The van der Waals surface area contributed by atoms with Gasteiger partial charge in [-0.3, -0.25) is 0 Å². The molecule has 1 aliphatic carbocycles. The van der Waals surface area contributed by atoms with Gasteiger partial charge >= 0.3 is 0 Å². The molecule has 1 aliphatic rings. The van der Waals surface area contributed by atoms with E-state index in [9.17, 15) is 0 Å². The summed E-state index contributed by atoms with van der Waals surface area (Å²) in [7, 11) is 0. The zero-order chi connectivity index (χ0) is 8.10. The molecule has 1 rings (SSSR count). The maximum absolute atomic E-state index is 5.51. The van der Waals surface area contributed by atoms with Crippen LogP contribution < -0.4 is 11.1 Å². The van der Waals surface area contributed by atoms with Crippen LogP contribution in [-0.4, -0.2) is 18.6 Å².